The summed E-state index contributed by atoms with van der Waals surface area (Å²) >= 11 is 4.72. The van der Waals surface area contributed by atoms with Crippen molar-refractivity contribution >= 4 is 39.5 Å². The standard InChI is InChI=1S/C18H19BrN2O5S/c1-24-14-8-11(9-15(25-2)17(14)26-3)18(23)21-20-16(22)10-27-13-6-4-12(19)5-7-13/h4-9H,10H2,1-3H3,(H,20,22)(H,21,23). The summed E-state index contributed by atoms with van der Waals surface area (Å²) in [6.45, 7) is 0. The summed E-state index contributed by atoms with van der Waals surface area (Å²) in [5.74, 6) is 0.404. The first-order valence-electron chi connectivity index (χ1n) is 7.76. The number of thioether (sulfide) groups is 1. The summed E-state index contributed by atoms with van der Waals surface area (Å²) in [5, 5.41) is 0. The van der Waals surface area contributed by atoms with Gasteiger partial charge >= 0.3 is 0 Å². The second-order valence-corrected chi connectivity index (χ2v) is 7.12. The average Bonchev–Trinajstić information content (AvgIpc) is 2.70. The van der Waals surface area contributed by atoms with Crippen molar-refractivity contribution in [1.82, 2.24) is 10.9 Å². The van der Waals surface area contributed by atoms with E-state index in [2.05, 4.69) is 26.8 Å². The summed E-state index contributed by atoms with van der Waals surface area (Å²) < 4.78 is 16.6. The zero-order valence-electron chi connectivity index (χ0n) is 15.0. The van der Waals surface area contributed by atoms with Crippen molar-refractivity contribution in [2.75, 3.05) is 27.1 Å². The Morgan fingerprint density at radius 3 is 2.07 bits per heavy atom. The van der Waals surface area contributed by atoms with Crippen molar-refractivity contribution in [3.63, 3.8) is 0 Å². The first-order valence-corrected chi connectivity index (χ1v) is 9.54. The van der Waals surface area contributed by atoms with Crippen LogP contribution in [0.5, 0.6) is 17.2 Å². The lowest BCUT2D eigenvalue weighted by atomic mass is 10.1. The summed E-state index contributed by atoms with van der Waals surface area (Å²) in [7, 11) is 4.39. The van der Waals surface area contributed by atoms with Gasteiger partial charge in [0.15, 0.2) is 11.5 Å². The molecule has 2 aromatic rings. The number of carbonyl (C=O) groups is 2. The molecule has 2 rings (SSSR count). The van der Waals surface area contributed by atoms with Gasteiger partial charge in [0.25, 0.3) is 5.91 Å². The van der Waals surface area contributed by atoms with Crippen LogP contribution in [0.15, 0.2) is 45.8 Å². The van der Waals surface area contributed by atoms with E-state index in [1.165, 1.54) is 45.2 Å². The van der Waals surface area contributed by atoms with Crippen LogP contribution < -0.4 is 25.1 Å². The van der Waals surface area contributed by atoms with Crippen LogP contribution in [0.1, 0.15) is 10.4 Å². The Morgan fingerprint density at radius 2 is 1.56 bits per heavy atom. The number of amides is 2. The van der Waals surface area contributed by atoms with Crippen molar-refractivity contribution in [3.8, 4) is 17.2 Å². The highest BCUT2D eigenvalue weighted by Crippen LogP contribution is 2.38. The third kappa shape index (κ3) is 5.80. The molecule has 2 N–H and O–H groups in total. The molecular formula is C18H19BrN2O5S. The Balaban J connectivity index is 1.94. The highest BCUT2D eigenvalue weighted by Gasteiger charge is 2.17. The first-order chi connectivity index (χ1) is 13.0. The molecule has 0 fully saturated rings. The average molecular weight is 455 g/mol. The number of benzene rings is 2. The molecule has 0 aliphatic rings. The number of halogens is 1. The molecule has 144 valence electrons. The molecule has 27 heavy (non-hydrogen) atoms. The minimum atomic E-state index is -0.503. The van der Waals surface area contributed by atoms with Gasteiger partial charge in [-0.2, -0.15) is 0 Å². The lowest BCUT2D eigenvalue weighted by molar-refractivity contribution is -0.119. The van der Waals surface area contributed by atoms with E-state index < -0.39 is 5.91 Å². The Hall–Kier alpha value is -2.39. The predicted molar refractivity (Wildman–Crippen MR) is 107 cm³/mol. The maximum atomic E-state index is 12.3. The molecule has 7 nitrogen and oxygen atoms in total. The Kier molecular flexibility index (Phi) is 7.81. The fourth-order valence-electron chi connectivity index (χ4n) is 2.13. The number of hydrogen-bond acceptors (Lipinski definition) is 6. The zero-order chi connectivity index (χ0) is 19.8. The highest BCUT2D eigenvalue weighted by molar-refractivity contribution is 9.10. The van der Waals surface area contributed by atoms with E-state index in [4.69, 9.17) is 14.2 Å². The summed E-state index contributed by atoms with van der Waals surface area (Å²) in [6.07, 6.45) is 0. The number of hydrazine groups is 1. The van der Waals surface area contributed by atoms with E-state index in [1.807, 2.05) is 24.3 Å². The normalized spacial score (nSPS) is 10.1. The molecule has 0 radical (unpaired) electrons. The monoisotopic (exact) mass is 454 g/mol. The Labute approximate surface area is 169 Å². The Morgan fingerprint density at radius 1 is 0.963 bits per heavy atom. The zero-order valence-corrected chi connectivity index (χ0v) is 17.4. The topological polar surface area (TPSA) is 85.9 Å². The van der Waals surface area contributed by atoms with Crippen molar-refractivity contribution in [2.45, 2.75) is 4.90 Å². The van der Waals surface area contributed by atoms with Gasteiger partial charge < -0.3 is 14.2 Å². The fraction of sp³-hybridized carbons (Fsp3) is 0.222. The highest BCUT2D eigenvalue weighted by atomic mass is 79.9. The van der Waals surface area contributed by atoms with Gasteiger partial charge in [-0.15, -0.1) is 11.8 Å². The van der Waals surface area contributed by atoms with Gasteiger partial charge in [-0.1, -0.05) is 15.9 Å². The smallest absolute Gasteiger partial charge is 0.269 e. The summed E-state index contributed by atoms with van der Waals surface area (Å²) in [4.78, 5) is 25.2. The van der Waals surface area contributed by atoms with Crippen molar-refractivity contribution < 1.29 is 23.8 Å². The lowest BCUT2D eigenvalue weighted by Gasteiger charge is -2.14. The van der Waals surface area contributed by atoms with Crippen LogP contribution >= 0.6 is 27.7 Å². The van der Waals surface area contributed by atoms with E-state index in [-0.39, 0.29) is 17.2 Å². The van der Waals surface area contributed by atoms with E-state index in [0.717, 1.165) is 9.37 Å². The molecule has 0 heterocycles. The number of hydrogen-bond donors (Lipinski definition) is 2. The number of nitrogens with one attached hydrogen (secondary N) is 2. The number of ether oxygens (including phenoxy) is 3. The molecule has 2 amide bonds. The Bertz CT molecular complexity index is 789. The molecule has 0 spiro atoms. The van der Waals surface area contributed by atoms with Crippen LogP contribution in [-0.4, -0.2) is 38.9 Å². The van der Waals surface area contributed by atoms with Gasteiger partial charge in [-0.25, -0.2) is 0 Å². The number of carbonyl (C=O) groups excluding carboxylic acids is 2. The van der Waals surface area contributed by atoms with Crippen molar-refractivity contribution in [1.29, 1.82) is 0 Å². The summed E-state index contributed by atoms with van der Waals surface area (Å²) in [5.41, 5.74) is 5.01. The minimum absolute atomic E-state index is 0.164. The third-order valence-electron chi connectivity index (χ3n) is 3.43. The van der Waals surface area contributed by atoms with Gasteiger partial charge in [0.2, 0.25) is 11.7 Å². The van der Waals surface area contributed by atoms with E-state index >= 15 is 0 Å². The predicted octanol–water partition coefficient (Wildman–Crippen LogP) is 3.03. The molecule has 0 aliphatic heterocycles. The second-order valence-electron chi connectivity index (χ2n) is 5.16. The molecule has 0 saturated carbocycles. The van der Waals surface area contributed by atoms with Crippen LogP contribution in [0.4, 0.5) is 0 Å². The number of rotatable bonds is 7. The van der Waals surface area contributed by atoms with Gasteiger partial charge in [0, 0.05) is 14.9 Å². The third-order valence-corrected chi connectivity index (χ3v) is 4.97. The van der Waals surface area contributed by atoms with E-state index in [0.29, 0.717) is 17.2 Å². The second kappa shape index (κ2) is 10.1. The van der Waals surface area contributed by atoms with Gasteiger partial charge in [-0.05, 0) is 36.4 Å². The lowest BCUT2D eigenvalue weighted by Crippen LogP contribution is -2.42. The minimum Gasteiger partial charge on any atom is -0.493 e. The van der Waals surface area contributed by atoms with Gasteiger partial charge in [-0.3, -0.25) is 20.4 Å². The quantitative estimate of drug-likeness (QED) is 0.493. The van der Waals surface area contributed by atoms with Crippen LogP contribution in [-0.2, 0) is 4.79 Å². The molecule has 0 aliphatic carbocycles. The fourth-order valence-corrected chi connectivity index (χ4v) is 3.09. The van der Waals surface area contributed by atoms with Crippen LogP contribution in [0.3, 0.4) is 0 Å². The maximum Gasteiger partial charge on any atom is 0.269 e. The molecule has 0 unspecified atom stereocenters. The molecule has 0 aromatic heterocycles. The SMILES string of the molecule is COc1cc(C(=O)NNC(=O)CSc2ccc(Br)cc2)cc(OC)c1OC. The molecule has 0 saturated heterocycles. The van der Waals surface area contributed by atoms with E-state index in [9.17, 15) is 9.59 Å². The number of methoxy groups -OCH3 is 3. The molecule has 9 heteroatoms. The molecule has 2 aromatic carbocycles. The van der Waals surface area contributed by atoms with Crippen LogP contribution in [0.25, 0.3) is 0 Å². The largest absolute Gasteiger partial charge is 0.493 e. The van der Waals surface area contributed by atoms with E-state index in [1.54, 1.807) is 0 Å². The van der Waals surface area contributed by atoms with Crippen LogP contribution in [0, 0.1) is 0 Å². The van der Waals surface area contributed by atoms with Crippen LogP contribution in [0.2, 0.25) is 0 Å². The van der Waals surface area contributed by atoms with Crippen molar-refractivity contribution in [2.24, 2.45) is 0 Å². The van der Waals surface area contributed by atoms with Crippen molar-refractivity contribution in [3.05, 3.63) is 46.4 Å². The molecule has 0 atom stereocenters. The first kappa shape index (κ1) is 20.9. The van der Waals surface area contributed by atoms with Gasteiger partial charge in [0.1, 0.15) is 0 Å². The molecular weight excluding hydrogens is 436 g/mol. The maximum absolute atomic E-state index is 12.3. The van der Waals surface area contributed by atoms with Gasteiger partial charge in [0.05, 0.1) is 27.1 Å². The molecule has 0 bridgehead atoms. The summed E-state index contributed by atoms with van der Waals surface area (Å²) in [6, 6.07) is 10.6.